The Labute approximate surface area is 241 Å². The molecule has 194 valence electrons. The molecule has 0 saturated carbocycles. The molecule has 0 bridgehead atoms. The van der Waals surface area contributed by atoms with Gasteiger partial charge in [-0.3, -0.25) is 0 Å². The average Bonchev–Trinajstić information content (AvgIpc) is 3.71. The fraction of sp³-hybridized carbons (Fsp3) is 0. The molecule has 0 spiro atoms. The van der Waals surface area contributed by atoms with Crippen LogP contribution in [0, 0.1) is 0 Å². The van der Waals surface area contributed by atoms with E-state index in [4.69, 9.17) is 8.83 Å². The van der Waals surface area contributed by atoms with Crippen LogP contribution in [0.2, 0.25) is 0 Å². The molecule has 1 aliphatic carbocycles. The molecule has 0 amide bonds. The van der Waals surface area contributed by atoms with Crippen LogP contribution in [0.15, 0.2) is 142 Å². The van der Waals surface area contributed by atoms with Gasteiger partial charge in [-0.1, -0.05) is 97.1 Å². The number of para-hydroxylation sites is 1. The first-order chi connectivity index (χ1) is 20.8. The molecule has 0 saturated heterocycles. The summed E-state index contributed by atoms with van der Waals surface area (Å²) in [5.74, 6) is 0. The van der Waals surface area contributed by atoms with Crippen molar-refractivity contribution in [2.75, 3.05) is 0 Å². The first-order valence-electron chi connectivity index (χ1n) is 14.3. The second kappa shape index (κ2) is 7.99. The van der Waals surface area contributed by atoms with E-state index in [0.29, 0.717) is 0 Å². The monoisotopic (exact) mass is 534 g/mol. The highest BCUT2D eigenvalue weighted by molar-refractivity contribution is 6.22. The fourth-order valence-corrected chi connectivity index (χ4v) is 7.18. The van der Waals surface area contributed by atoms with Crippen LogP contribution in [-0.2, 0) is 0 Å². The van der Waals surface area contributed by atoms with Crippen LogP contribution in [0.1, 0.15) is 0 Å². The standard InChI is InChI=1S/C40H22O2/c1-2-8-26-25(7-1)29-10-5-11-30-27(17-18-32(26)39(29)30)31-12-6-14-38-40(31)34-22-24(16-20-37(34)42-38)23-15-19-36-33(21-23)28-9-3-4-13-35(28)41-36/h1-22H. The van der Waals surface area contributed by atoms with Gasteiger partial charge in [0, 0.05) is 21.5 Å². The Morgan fingerprint density at radius 1 is 0.286 bits per heavy atom. The van der Waals surface area contributed by atoms with Crippen molar-refractivity contribution in [1.29, 1.82) is 0 Å². The topological polar surface area (TPSA) is 26.3 Å². The van der Waals surface area contributed by atoms with Crippen molar-refractivity contribution in [3.8, 4) is 44.5 Å². The Kier molecular flexibility index (Phi) is 4.21. The van der Waals surface area contributed by atoms with E-state index in [2.05, 4.69) is 121 Å². The summed E-state index contributed by atoms with van der Waals surface area (Å²) in [6, 6.07) is 47.7. The van der Waals surface area contributed by atoms with E-state index in [1.165, 1.54) is 44.2 Å². The number of hydrogen-bond donors (Lipinski definition) is 0. The zero-order valence-electron chi connectivity index (χ0n) is 22.5. The van der Waals surface area contributed by atoms with E-state index < -0.39 is 0 Å². The van der Waals surface area contributed by atoms with Gasteiger partial charge < -0.3 is 8.83 Å². The highest BCUT2D eigenvalue weighted by atomic mass is 16.3. The molecule has 7 aromatic carbocycles. The minimum atomic E-state index is 0.898. The van der Waals surface area contributed by atoms with Gasteiger partial charge in [-0.15, -0.1) is 0 Å². The van der Waals surface area contributed by atoms with Crippen molar-refractivity contribution in [2.24, 2.45) is 0 Å². The molecule has 0 fully saturated rings. The molecule has 2 heterocycles. The highest BCUT2D eigenvalue weighted by Gasteiger charge is 2.23. The van der Waals surface area contributed by atoms with Gasteiger partial charge in [0.1, 0.15) is 22.3 Å². The van der Waals surface area contributed by atoms with Crippen LogP contribution in [0.4, 0.5) is 0 Å². The predicted molar refractivity (Wildman–Crippen MR) is 174 cm³/mol. The third-order valence-corrected chi connectivity index (χ3v) is 9.04. The Morgan fingerprint density at radius 2 is 0.810 bits per heavy atom. The van der Waals surface area contributed by atoms with E-state index in [0.717, 1.165) is 55.0 Å². The molecule has 2 heteroatoms. The molecule has 9 aromatic rings. The quantitative estimate of drug-likeness (QED) is 0.220. The number of benzene rings is 7. The van der Waals surface area contributed by atoms with E-state index >= 15 is 0 Å². The molecule has 10 rings (SSSR count). The molecule has 42 heavy (non-hydrogen) atoms. The molecule has 0 unspecified atom stereocenters. The molecule has 2 aromatic heterocycles. The lowest BCUT2D eigenvalue weighted by molar-refractivity contribution is 0.668. The first-order valence-corrected chi connectivity index (χ1v) is 14.3. The molecule has 0 N–H and O–H groups in total. The van der Waals surface area contributed by atoms with Gasteiger partial charge in [0.15, 0.2) is 0 Å². The second-order valence-corrected chi connectivity index (χ2v) is 11.2. The summed E-state index contributed by atoms with van der Waals surface area (Å²) in [5.41, 5.74) is 13.6. The van der Waals surface area contributed by atoms with Crippen LogP contribution in [-0.4, -0.2) is 0 Å². The lowest BCUT2D eigenvalue weighted by Gasteiger charge is -2.11. The number of hydrogen-bond acceptors (Lipinski definition) is 2. The fourth-order valence-electron chi connectivity index (χ4n) is 7.18. The lowest BCUT2D eigenvalue weighted by atomic mass is 9.91. The summed E-state index contributed by atoms with van der Waals surface area (Å²) >= 11 is 0. The van der Waals surface area contributed by atoms with E-state index in [9.17, 15) is 0 Å². The van der Waals surface area contributed by atoms with E-state index in [1.54, 1.807) is 0 Å². The van der Waals surface area contributed by atoms with Gasteiger partial charge >= 0.3 is 0 Å². The molecule has 0 radical (unpaired) electrons. The van der Waals surface area contributed by atoms with Gasteiger partial charge in [-0.25, -0.2) is 0 Å². The van der Waals surface area contributed by atoms with Crippen molar-refractivity contribution in [1.82, 2.24) is 0 Å². The summed E-state index contributed by atoms with van der Waals surface area (Å²) in [6.07, 6.45) is 0. The summed E-state index contributed by atoms with van der Waals surface area (Å²) in [4.78, 5) is 0. The van der Waals surface area contributed by atoms with Crippen molar-refractivity contribution in [3.63, 3.8) is 0 Å². The smallest absolute Gasteiger partial charge is 0.136 e. The van der Waals surface area contributed by atoms with Gasteiger partial charge in [0.05, 0.1) is 0 Å². The highest BCUT2D eigenvalue weighted by Crippen LogP contribution is 2.50. The summed E-state index contributed by atoms with van der Waals surface area (Å²) in [7, 11) is 0. The minimum absolute atomic E-state index is 0.898. The molecule has 2 nitrogen and oxygen atoms in total. The number of furan rings is 2. The summed E-state index contributed by atoms with van der Waals surface area (Å²) in [6.45, 7) is 0. The van der Waals surface area contributed by atoms with Crippen molar-refractivity contribution in [2.45, 2.75) is 0 Å². The third kappa shape index (κ3) is 2.88. The normalized spacial score (nSPS) is 12.3. The van der Waals surface area contributed by atoms with E-state index in [1.807, 2.05) is 12.1 Å². The minimum Gasteiger partial charge on any atom is -0.456 e. The average molecular weight is 535 g/mol. The van der Waals surface area contributed by atoms with Gasteiger partial charge in [0.25, 0.3) is 0 Å². The maximum Gasteiger partial charge on any atom is 0.136 e. The SMILES string of the molecule is c1ccc2c(c1)-c1cccc3c(-c4cccc5oc6ccc(-c7ccc8oc9ccccc9c8c7)cc6c45)ccc-2c13. The Morgan fingerprint density at radius 3 is 1.64 bits per heavy atom. The van der Waals surface area contributed by atoms with Crippen molar-refractivity contribution >= 4 is 54.6 Å². The Hall–Kier alpha value is -5.60. The lowest BCUT2D eigenvalue weighted by Crippen LogP contribution is -1.85. The van der Waals surface area contributed by atoms with Crippen LogP contribution in [0.3, 0.4) is 0 Å². The first kappa shape index (κ1) is 22.1. The van der Waals surface area contributed by atoms with Gasteiger partial charge in [0.2, 0.25) is 0 Å². The molecule has 0 atom stereocenters. The second-order valence-electron chi connectivity index (χ2n) is 11.2. The Bertz CT molecular complexity index is 2550. The molecular weight excluding hydrogens is 512 g/mol. The van der Waals surface area contributed by atoms with Gasteiger partial charge in [-0.05, 0) is 91.7 Å². The third-order valence-electron chi connectivity index (χ3n) is 9.04. The van der Waals surface area contributed by atoms with E-state index in [-0.39, 0.29) is 0 Å². The molecule has 1 aliphatic rings. The van der Waals surface area contributed by atoms with Crippen LogP contribution in [0.5, 0.6) is 0 Å². The summed E-state index contributed by atoms with van der Waals surface area (Å²) in [5, 5.41) is 7.16. The van der Waals surface area contributed by atoms with Crippen molar-refractivity contribution < 1.29 is 8.83 Å². The Balaban J connectivity index is 1.21. The maximum absolute atomic E-state index is 6.43. The predicted octanol–water partition coefficient (Wildman–Crippen LogP) is 11.6. The zero-order valence-corrected chi connectivity index (χ0v) is 22.5. The van der Waals surface area contributed by atoms with Crippen LogP contribution >= 0.6 is 0 Å². The number of fused-ring (bicyclic) bond motifs is 9. The largest absolute Gasteiger partial charge is 0.456 e. The van der Waals surface area contributed by atoms with Crippen molar-refractivity contribution in [3.05, 3.63) is 133 Å². The molecular formula is C40H22O2. The van der Waals surface area contributed by atoms with Gasteiger partial charge in [-0.2, -0.15) is 0 Å². The maximum atomic E-state index is 6.43. The van der Waals surface area contributed by atoms with Crippen LogP contribution in [0.25, 0.3) is 99.2 Å². The van der Waals surface area contributed by atoms with Crippen LogP contribution < -0.4 is 0 Å². The summed E-state index contributed by atoms with van der Waals surface area (Å²) < 4.78 is 12.5. The zero-order chi connectivity index (χ0) is 27.4. The number of rotatable bonds is 2. The molecule has 0 aliphatic heterocycles.